The average molecular weight is 265 g/mol. The van der Waals surface area contributed by atoms with Crippen molar-refractivity contribution in [2.75, 3.05) is 6.61 Å². The molecule has 0 amide bonds. The Balaban J connectivity index is 2.51. The molecule has 1 atom stereocenters. The van der Waals surface area contributed by atoms with Crippen molar-refractivity contribution >= 4 is 5.97 Å². The molecule has 0 aliphatic heterocycles. The summed E-state index contributed by atoms with van der Waals surface area (Å²) >= 11 is 0. The third-order valence-corrected chi connectivity index (χ3v) is 2.71. The molecule has 0 aliphatic carbocycles. The van der Waals surface area contributed by atoms with E-state index in [-0.39, 0.29) is 12.6 Å². The molecule has 1 aromatic rings. The molecule has 0 aromatic heterocycles. The van der Waals surface area contributed by atoms with Gasteiger partial charge in [0.1, 0.15) is 18.4 Å². The van der Waals surface area contributed by atoms with E-state index in [1.54, 1.807) is 0 Å². The Morgan fingerprint density at radius 2 is 1.95 bits per heavy atom. The first-order valence-electron chi connectivity index (χ1n) is 6.73. The Labute approximate surface area is 114 Å². The van der Waals surface area contributed by atoms with Crippen LogP contribution in [0.2, 0.25) is 0 Å². The summed E-state index contributed by atoms with van der Waals surface area (Å²) in [5.41, 5.74) is 1.27. The van der Waals surface area contributed by atoms with E-state index in [1.165, 1.54) is 5.56 Å². The molecule has 0 spiro atoms. The van der Waals surface area contributed by atoms with E-state index in [4.69, 9.17) is 9.84 Å². The summed E-state index contributed by atoms with van der Waals surface area (Å²) in [4.78, 5) is 11.1. The molecule has 0 fully saturated rings. The van der Waals surface area contributed by atoms with E-state index >= 15 is 0 Å². The molecule has 2 N–H and O–H groups in total. The third-order valence-electron chi connectivity index (χ3n) is 2.71. The van der Waals surface area contributed by atoms with Crippen LogP contribution in [0, 0.1) is 0 Å². The zero-order valence-corrected chi connectivity index (χ0v) is 11.8. The number of ether oxygens (including phenoxy) is 1. The van der Waals surface area contributed by atoms with Crippen molar-refractivity contribution in [3.63, 3.8) is 0 Å². The van der Waals surface area contributed by atoms with Gasteiger partial charge in [0.25, 0.3) is 0 Å². The first kappa shape index (κ1) is 15.5. The standard InChI is InChI=1S/C15H23NO3/c1-4-5-12-6-8-13(9-7-12)19-10-14(15(17)18)16-11(2)3/h6-9,11,14,16H,4-5,10H2,1-3H3,(H,17,18). The highest BCUT2D eigenvalue weighted by atomic mass is 16.5. The maximum atomic E-state index is 11.1. The summed E-state index contributed by atoms with van der Waals surface area (Å²) in [5.74, 6) is -0.187. The molecule has 0 saturated heterocycles. The third kappa shape index (κ3) is 5.75. The lowest BCUT2D eigenvalue weighted by Gasteiger charge is -2.17. The SMILES string of the molecule is CCCc1ccc(OCC(NC(C)C)C(=O)O)cc1. The van der Waals surface area contributed by atoms with Crippen LogP contribution in [0.5, 0.6) is 5.75 Å². The summed E-state index contributed by atoms with van der Waals surface area (Å²) in [6.07, 6.45) is 2.16. The quantitative estimate of drug-likeness (QED) is 0.758. The van der Waals surface area contributed by atoms with Gasteiger partial charge in [-0.3, -0.25) is 10.1 Å². The van der Waals surface area contributed by atoms with E-state index in [0.717, 1.165) is 12.8 Å². The van der Waals surface area contributed by atoms with Crippen LogP contribution in [-0.2, 0) is 11.2 Å². The molecular formula is C15H23NO3. The minimum Gasteiger partial charge on any atom is -0.491 e. The van der Waals surface area contributed by atoms with Crippen LogP contribution in [0.15, 0.2) is 24.3 Å². The Morgan fingerprint density at radius 1 is 1.32 bits per heavy atom. The van der Waals surface area contributed by atoms with Crippen molar-refractivity contribution in [1.82, 2.24) is 5.32 Å². The number of rotatable bonds is 8. The number of aliphatic carboxylic acids is 1. The van der Waals surface area contributed by atoms with Gasteiger partial charge in [-0.1, -0.05) is 39.3 Å². The van der Waals surface area contributed by atoms with Gasteiger partial charge in [-0.25, -0.2) is 0 Å². The van der Waals surface area contributed by atoms with E-state index in [0.29, 0.717) is 5.75 Å². The zero-order valence-electron chi connectivity index (χ0n) is 11.8. The molecular weight excluding hydrogens is 242 g/mol. The summed E-state index contributed by atoms with van der Waals surface area (Å²) in [6.45, 7) is 6.09. The monoisotopic (exact) mass is 265 g/mol. The van der Waals surface area contributed by atoms with Crippen molar-refractivity contribution in [1.29, 1.82) is 0 Å². The molecule has 0 heterocycles. The van der Waals surface area contributed by atoms with Crippen molar-refractivity contribution in [2.24, 2.45) is 0 Å². The van der Waals surface area contributed by atoms with Crippen LogP contribution < -0.4 is 10.1 Å². The van der Waals surface area contributed by atoms with Crippen molar-refractivity contribution in [3.8, 4) is 5.75 Å². The molecule has 1 rings (SSSR count). The topological polar surface area (TPSA) is 58.6 Å². The largest absolute Gasteiger partial charge is 0.491 e. The van der Waals surface area contributed by atoms with Crippen LogP contribution >= 0.6 is 0 Å². The van der Waals surface area contributed by atoms with Crippen LogP contribution in [0.25, 0.3) is 0 Å². The van der Waals surface area contributed by atoms with Gasteiger partial charge in [0.15, 0.2) is 0 Å². The first-order chi connectivity index (χ1) is 9.02. The van der Waals surface area contributed by atoms with E-state index in [9.17, 15) is 4.79 Å². The molecule has 4 heteroatoms. The fraction of sp³-hybridized carbons (Fsp3) is 0.533. The first-order valence-corrected chi connectivity index (χ1v) is 6.73. The highest BCUT2D eigenvalue weighted by Gasteiger charge is 2.18. The van der Waals surface area contributed by atoms with Crippen molar-refractivity contribution in [2.45, 2.75) is 45.7 Å². The smallest absolute Gasteiger partial charge is 0.324 e. The summed E-state index contributed by atoms with van der Waals surface area (Å²) in [7, 11) is 0. The average Bonchev–Trinajstić information content (AvgIpc) is 2.36. The molecule has 106 valence electrons. The molecule has 0 bridgehead atoms. The van der Waals surface area contributed by atoms with Gasteiger partial charge in [0, 0.05) is 6.04 Å². The van der Waals surface area contributed by atoms with Gasteiger partial charge in [-0.2, -0.15) is 0 Å². The van der Waals surface area contributed by atoms with E-state index in [2.05, 4.69) is 12.2 Å². The fourth-order valence-electron chi connectivity index (χ4n) is 1.81. The van der Waals surface area contributed by atoms with Gasteiger partial charge in [0.2, 0.25) is 0 Å². The molecule has 0 aliphatic rings. The zero-order chi connectivity index (χ0) is 14.3. The maximum Gasteiger partial charge on any atom is 0.324 e. The minimum absolute atomic E-state index is 0.108. The highest BCUT2D eigenvalue weighted by Crippen LogP contribution is 2.13. The van der Waals surface area contributed by atoms with E-state index < -0.39 is 12.0 Å². The lowest BCUT2D eigenvalue weighted by molar-refractivity contribution is -0.140. The summed E-state index contributed by atoms with van der Waals surface area (Å²) in [6, 6.07) is 7.24. The van der Waals surface area contributed by atoms with Gasteiger partial charge in [-0.05, 0) is 24.1 Å². The van der Waals surface area contributed by atoms with Crippen LogP contribution in [0.1, 0.15) is 32.8 Å². The maximum absolute atomic E-state index is 11.1. The lowest BCUT2D eigenvalue weighted by atomic mass is 10.1. The second-order valence-corrected chi connectivity index (χ2v) is 4.92. The second-order valence-electron chi connectivity index (χ2n) is 4.92. The molecule has 19 heavy (non-hydrogen) atoms. The minimum atomic E-state index is -0.892. The molecule has 4 nitrogen and oxygen atoms in total. The number of carboxylic acid groups (broad SMARTS) is 1. The Hall–Kier alpha value is -1.55. The van der Waals surface area contributed by atoms with Crippen LogP contribution in [0.4, 0.5) is 0 Å². The van der Waals surface area contributed by atoms with Crippen LogP contribution in [0.3, 0.4) is 0 Å². The second kappa shape index (κ2) is 7.79. The Kier molecular flexibility index (Phi) is 6.36. The fourth-order valence-corrected chi connectivity index (χ4v) is 1.81. The number of carbonyl (C=O) groups is 1. The number of hydrogen-bond donors (Lipinski definition) is 2. The number of hydrogen-bond acceptors (Lipinski definition) is 3. The Bertz CT molecular complexity index is 387. The van der Waals surface area contributed by atoms with Crippen molar-refractivity contribution < 1.29 is 14.6 Å². The number of nitrogens with one attached hydrogen (secondary N) is 1. The number of carboxylic acids is 1. The lowest BCUT2D eigenvalue weighted by Crippen LogP contribution is -2.44. The molecule has 1 unspecified atom stereocenters. The molecule has 0 saturated carbocycles. The Morgan fingerprint density at radius 3 is 2.42 bits per heavy atom. The van der Waals surface area contributed by atoms with E-state index in [1.807, 2.05) is 38.1 Å². The van der Waals surface area contributed by atoms with Gasteiger partial charge >= 0.3 is 5.97 Å². The van der Waals surface area contributed by atoms with Gasteiger partial charge in [0.05, 0.1) is 0 Å². The normalized spacial score (nSPS) is 12.4. The summed E-state index contributed by atoms with van der Waals surface area (Å²) in [5, 5.41) is 12.0. The highest BCUT2D eigenvalue weighted by molar-refractivity contribution is 5.73. The predicted molar refractivity (Wildman–Crippen MR) is 75.6 cm³/mol. The van der Waals surface area contributed by atoms with Crippen LogP contribution in [-0.4, -0.2) is 29.8 Å². The number of benzene rings is 1. The van der Waals surface area contributed by atoms with Gasteiger partial charge in [-0.15, -0.1) is 0 Å². The molecule has 1 aromatic carbocycles. The van der Waals surface area contributed by atoms with Gasteiger partial charge < -0.3 is 9.84 Å². The number of aryl methyl sites for hydroxylation is 1. The molecule has 0 radical (unpaired) electrons. The van der Waals surface area contributed by atoms with Crippen molar-refractivity contribution in [3.05, 3.63) is 29.8 Å². The summed E-state index contributed by atoms with van der Waals surface area (Å²) < 4.78 is 5.52. The predicted octanol–water partition coefficient (Wildman–Crippen LogP) is 2.47.